The summed E-state index contributed by atoms with van der Waals surface area (Å²) >= 11 is 0. The van der Waals surface area contributed by atoms with Gasteiger partial charge in [0.15, 0.2) is 18.0 Å². The number of amides is 1. The number of carbonyl (C=O) groups is 2. The van der Waals surface area contributed by atoms with Gasteiger partial charge in [0.25, 0.3) is 5.91 Å². The molecule has 0 atom stereocenters. The maximum Gasteiger partial charge on any atom is 0.305 e. The summed E-state index contributed by atoms with van der Waals surface area (Å²) in [5.74, 6) is 1.33. The maximum atomic E-state index is 12.1. The molecule has 1 aromatic carbocycles. The van der Waals surface area contributed by atoms with Crippen molar-refractivity contribution in [3.63, 3.8) is 0 Å². The first kappa shape index (κ1) is 23.0. The quantitative estimate of drug-likeness (QED) is 0.319. The van der Waals surface area contributed by atoms with Crippen LogP contribution in [0.2, 0.25) is 0 Å². The summed E-state index contributed by atoms with van der Waals surface area (Å²) in [7, 11) is 4.68. The van der Waals surface area contributed by atoms with Crippen molar-refractivity contribution >= 4 is 11.9 Å². The second-order valence-electron chi connectivity index (χ2n) is 7.52. The van der Waals surface area contributed by atoms with Crippen molar-refractivity contribution in [2.24, 2.45) is 0 Å². The summed E-state index contributed by atoms with van der Waals surface area (Å²) in [5.41, 5.74) is 2.47. The molecule has 0 aliphatic carbocycles. The van der Waals surface area contributed by atoms with Gasteiger partial charge in [0.1, 0.15) is 32.7 Å². The Morgan fingerprint density at radius 1 is 1.00 bits per heavy atom. The van der Waals surface area contributed by atoms with E-state index in [4.69, 9.17) is 9.47 Å². The van der Waals surface area contributed by atoms with Gasteiger partial charge in [-0.3, -0.25) is 9.59 Å². The number of benzene rings is 1. The number of rotatable bonds is 10. The van der Waals surface area contributed by atoms with E-state index in [1.54, 1.807) is 14.2 Å². The molecule has 29 heavy (non-hydrogen) atoms. The highest BCUT2D eigenvalue weighted by Crippen LogP contribution is 2.29. The highest BCUT2D eigenvalue weighted by atomic mass is 16.5. The Bertz CT molecular complexity index is 687. The molecule has 0 unspecified atom stereocenters. The lowest BCUT2D eigenvalue weighted by atomic mass is 10.1. The first-order chi connectivity index (χ1) is 14.0. The first-order valence-corrected chi connectivity index (χ1v) is 10.2. The molecule has 8 nitrogen and oxygen atoms in total. The Morgan fingerprint density at radius 2 is 1.62 bits per heavy atom. The van der Waals surface area contributed by atoms with Gasteiger partial charge in [0.2, 0.25) is 0 Å². The fraction of sp³-hybridized carbons (Fsp3) is 0.619. The molecule has 0 radical (unpaired) electrons. The van der Waals surface area contributed by atoms with Gasteiger partial charge in [-0.15, -0.1) is 0 Å². The third-order valence-electron chi connectivity index (χ3n) is 5.46. The average molecular weight is 410 g/mol. The molecule has 0 spiro atoms. The Morgan fingerprint density at radius 3 is 2.24 bits per heavy atom. The molecule has 8 heteroatoms. The monoisotopic (exact) mass is 409 g/mol. The summed E-state index contributed by atoms with van der Waals surface area (Å²) in [6.07, 6.45) is 0.942. The molecule has 1 heterocycles. The standard InChI is InChI=1S/C21H33N3O5/c1-16-12-18(27-2)19(28-3)13-17(16)14-23-8-10-24(11-9-23)15-20(25)22-7-5-6-21(26)29-4/h12-13H,5-11,14-15H2,1-4H3,(H,22,25)/p+2. The van der Waals surface area contributed by atoms with Crippen LogP contribution in [0.25, 0.3) is 0 Å². The molecule has 1 fully saturated rings. The van der Waals surface area contributed by atoms with Gasteiger partial charge in [-0.05, 0) is 31.0 Å². The van der Waals surface area contributed by atoms with E-state index >= 15 is 0 Å². The fourth-order valence-corrected chi connectivity index (χ4v) is 3.65. The van der Waals surface area contributed by atoms with Crippen molar-refractivity contribution in [1.29, 1.82) is 0 Å². The molecule has 1 amide bonds. The summed E-state index contributed by atoms with van der Waals surface area (Å²) < 4.78 is 15.4. The zero-order chi connectivity index (χ0) is 21.2. The van der Waals surface area contributed by atoms with E-state index in [0.29, 0.717) is 25.9 Å². The number of carbonyl (C=O) groups excluding carboxylic acids is 2. The lowest BCUT2D eigenvalue weighted by Crippen LogP contribution is -3.28. The predicted octanol–water partition coefficient (Wildman–Crippen LogP) is -1.63. The van der Waals surface area contributed by atoms with E-state index in [9.17, 15) is 9.59 Å². The van der Waals surface area contributed by atoms with Crippen molar-refractivity contribution in [2.75, 3.05) is 60.6 Å². The molecule has 1 saturated heterocycles. The summed E-state index contributed by atoms with van der Waals surface area (Å²) in [6, 6.07) is 4.10. The number of piperazine rings is 1. The number of ether oxygens (including phenoxy) is 3. The molecule has 1 aliphatic heterocycles. The van der Waals surface area contributed by atoms with Gasteiger partial charge < -0.3 is 29.3 Å². The lowest BCUT2D eigenvalue weighted by Gasteiger charge is -2.29. The number of aryl methyl sites for hydroxylation is 1. The zero-order valence-corrected chi connectivity index (χ0v) is 18.1. The third kappa shape index (κ3) is 7.21. The van der Waals surface area contributed by atoms with Crippen LogP contribution in [0.15, 0.2) is 12.1 Å². The van der Waals surface area contributed by atoms with Gasteiger partial charge in [-0.25, -0.2) is 0 Å². The van der Waals surface area contributed by atoms with Crippen LogP contribution in [0.1, 0.15) is 24.0 Å². The number of nitrogens with one attached hydrogen (secondary N) is 3. The van der Waals surface area contributed by atoms with E-state index in [1.807, 2.05) is 6.07 Å². The Kier molecular flexibility index (Phi) is 9.21. The van der Waals surface area contributed by atoms with E-state index in [0.717, 1.165) is 44.2 Å². The summed E-state index contributed by atoms with van der Waals surface area (Å²) in [6.45, 7) is 8.03. The smallest absolute Gasteiger partial charge is 0.305 e. The third-order valence-corrected chi connectivity index (χ3v) is 5.46. The second-order valence-corrected chi connectivity index (χ2v) is 7.52. The highest BCUT2D eigenvalue weighted by molar-refractivity contribution is 5.76. The minimum Gasteiger partial charge on any atom is -0.493 e. The normalized spacial score (nSPS) is 18.8. The minimum atomic E-state index is -0.242. The predicted molar refractivity (Wildman–Crippen MR) is 109 cm³/mol. The second kappa shape index (κ2) is 11.6. The van der Waals surface area contributed by atoms with Crippen molar-refractivity contribution < 1.29 is 33.6 Å². The van der Waals surface area contributed by atoms with Crippen LogP contribution in [-0.4, -0.2) is 72.5 Å². The van der Waals surface area contributed by atoms with E-state index in [2.05, 4.69) is 23.0 Å². The van der Waals surface area contributed by atoms with Crippen LogP contribution >= 0.6 is 0 Å². The largest absolute Gasteiger partial charge is 0.493 e. The number of hydrogen-bond acceptors (Lipinski definition) is 5. The SMILES string of the molecule is COC(=O)CCCNC(=O)C[NH+]1CC[NH+](Cc2cc(OC)c(OC)cc2C)CC1. The van der Waals surface area contributed by atoms with Gasteiger partial charge in [-0.1, -0.05) is 0 Å². The van der Waals surface area contributed by atoms with Crippen molar-refractivity contribution in [3.05, 3.63) is 23.3 Å². The average Bonchev–Trinajstić information content (AvgIpc) is 2.73. The zero-order valence-electron chi connectivity index (χ0n) is 18.1. The van der Waals surface area contributed by atoms with E-state index < -0.39 is 0 Å². The number of esters is 1. The molecule has 162 valence electrons. The number of quaternary nitrogens is 2. The van der Waals surface area contributed by atoms with Gasteiger partial charge in [-0.2, -0.15) is 0 Å². The van der Waals surface area contributed by atoms with E-state index in [-0.39, 0.29) is 11.9 Å². The molecule has 1 aliphatic rings. The molecule has 0 bridgehead atoms. The van der Waals surface area contributed by atoms with Crippen molar-refractivity contribution in [2.45, 2.75) is 26.3 Å². The highest BCUT2D eigenvalue weighted by Gasteiger charge is 2.25. The maximum absolute atomic E-state index is 12.1. The van der Waals surface area contributed by atoms with Crippen molar-refractivity contribution in [1.82, 2.24) is 5.32 Å². The number of methoxy groups -OCH3 is 3. The van der Waals surface area contributed by atoms with Crippen LogP contribution in [0.4, 0.5) is 0 Å². The minimum absolute atomic E-state index is 0.0454. The van der Waals surface area contributed by atoms with Crippen molar-refractivity contribution in [3.8, 4) is 11.5 Å². The Balaban J connectivity index is 1.74. The van der Waals surface area contributed by atoms with Crippen LogP contribution in [0.3, 0.4) is 0 Å². The molecular weight excluding hydrogens is 374 g/mol. The van der Waals surface area contributed by atoms with Gasteiger partial charge >= 0.3 is 5.97 Å². The molecule has 3 N–H and O–H groups in total. The first-order valence-electron chi connectivity index (χ1n) is 10.2. The molecule has 0 aromatic heterocycles. The van der Waals surface area contributed by atoms with Crippen LogP contribution in [0.5, 0.6) is 11.5 Å². The Labute approximate surface area is 173 Å². The topological polar surface area (TPSA) is 82.7 Å². The van der Waals surface area contributed by atoms with Gasteiger partial charge in [0, 0.05) is 18.5 Å². The van der Waals surface area contributed by atoms with Gasteiger partial charge in [0.05, 0.1) is 21.3 Å². The Hall–Kier alpha value is -2.32. The molecule has 0 saturated carbocycles. The molecular formula is C21H35N3O5+2. The molecule has 1 aromatic rings. The van der Waals surface area contributed by atoms with Crippen LogP contribution in [-0.2, 0) is 20.9 Å². The van der Waals surface area contributed by atoms with Crippen LogP contribution < -0.4 is 24.6 Å². The molecule has 2 rings (SSSR count). The van der Waals surface area contributed by atoms with E-state index in [1.165, 1.54) is 28.0 Å². The fourth-order valence-electron chi connectivity index (χ4n) is 3.65. The lowest BCUT2D eigenvalue weighted by molar-refractivity contribution is -1.02. The summed E-state index contributed by atoms with van der Waals surface area (Å²) in [5, 5.41) is 2.89. The summed E-state index contributed by atoms with van der Waals surface area (Å²) in [4.78, 5) is 26.0. The number of hydrogen-bond donors (Lipinski definition) is 3. The van der Waals surface area contributed by atoms with Crippen LogP contribution in [0, 0.1) is 6.92 Å².